The molecule has 0 bridgehead atoms. The normalized spacial score (nSPS) is 49.0. The fraction of sp³-hybridized carbons (Fsp3) is 1.00. The molecule has 0 aromatic heterocycles. The zero-order valence-corrected chi connectivity index (χ0v) is 12.3. The summed E-state index contributed by atoms with van der Waals surface area (Å²) in [6.45, 7) is 3.10. The molecular formula is C15H26O2S. The molecule has 1 N–H and O–H groups in total. The van der Waals surface area contributed by atoms with Crippen molar-refractivity contribution in [3.05, 3.63) is 0 Å². The van der Waals surface area contributed by atoms with Gasteiger partial charge in [0.05, 0.1) is 11.2 Å². The Kier molecular flexibility index (Phi) is 3.68. The number of rotatable bonds is 2. The molecule has 104 valence electrons. The molecule has 4 unspecified atom stereocenters. The highest BCUT2D eigenvalue weighted by Crippen LogP contribution is 2.50. The van der Waals surface area contributed by atoms with Crippen LogP contribution in [0.5, 0.6) is 0 Å². The van der Waals surface area contributed by atoms with E-state index in [4.69, 9.17) is 4.74 Å². The minimum Gasteiger partial charge on any atom is -0.389 e. The lowest BCUT2D eigenvalue weighted by molar-refractivity contribution is -0.144. The summed E-state index contributed by atoms with van der Waals surface area (Å²) in [6.07, 6.45) is 7.97. The van der Waals surface area contributed by atoms with Gasteiger partial charge >= 0.3 is 0 Å². The second-order valence-electron chi connectivity index (χ2n) is 6.51. The molecule has 1 aliphatic carbocycles. The second kappa shape index (κ2) is 4.99. The largest absolute Gasteiger partial charge is 0.389 e. The highest BCUT2D eigenvalue weighted by atomic mass is 32.2. The fourth-order valence-corrected chi connectivity index (χ4v) is 5.88. The molecular weight excluding hydrogens is 244 g/mol. The summed E-state index contributed by atoms with van der Waals surface area (Å²) in [7, 11) is 0. The van der Waals surface area contributed by atoms with Crippen LogP contribution >= 0.6 is 11.8 Å². The number of thioether (sulfide) groups is 1. The quantitative estimate of drug-likeness (QED) is 0.835. The van der Waals surface area contributed by atoms with Crippen molar-refractivity contribution in [2.75, 3.05) is 18.1 Å². The van der Waals surface area contributed by atoms with Crippen molar-refractivity contribution in [1.82, 2.24) is 0 Å². The maximum Gasteiger partial charge on any atom is 0.0784 e. The summed E-state index contributed by atoms with van der Waals surface area (Å²) < 4.78 is 6.10. The monoisotopic (exact) mass is 270 g/mol. The van der Waals surface area contributed by atoms with Crippen LogP contribution in [0.25, 0.3) is 0 Å². The first-order valence-corrected chi connectivity index (χ1v) is 8.78. The summed E-state index contributed by atoms with van der Waals surface area (Å²) in [5.41, 5.74) is -0.261. The highest BCUT2D eigenvalue weighted by molar-refractivity contribution is 7.99. The van der Waals surface area contributed by atoms with E-state index in [0.29, 0.717) is 11.8 Å². The van der Waals surface area contributed by atoms with Crippen LogP contribution in [0.15, 0.2) is 0 Å². The molecule has 4 atom stereocenters. The predicted octanol–water partition coefficient (Wildman–Crippen LogP) is 3.23. The van der Waals surface area contributed by atoms with Gasteiger partial charge in [-0.15, -0.1) is 0 Å². The molecule has 3 aliphatic rings. The SMILES string of the molecule is CCC1CCCC1(O)C1CCOC2(CCSC2)C1. The summed E-state index contributed by atoms with van der Waals surface area (Å²) in [5.74, 6) is 3.41. The van der Waals surface area contributed by atoms with Crippen LogP contribution in [0.3, 0.4) is 0 Å². The van der Waals surface area contributed by atoms with Gasteiger partial charge in [0.25, 0.3) is 0 Å². The number of hydrogen-bond acceptors (Lipinski definition) is 3. The van der Waals surface area contributed by atoms with Gasteiger partial charge in [-0.1, -0.05) is 19.8 Å². The van der Waals surface area contributed by atoms with Crippen molar-refractivity contribution in [2.45, 2.75) is 63.1 Å². The van der Waals surface area contributed by atoms with Crippen LogP contribution in [-0.4, -0.2) is 34.4 Å². The van der Waals surface area contributed by atoms with Crippen molar-refractivity contribution in [2.24, 2.45) is 11.8 Å². The molecule has 3 fully saturated rings. The van der Waals surface area contributed by atoms with Crippen molar-refractivity contribution in [3.63, 3.8) is 0 Å². The molecule has 18 heavy (non-hydrogen) atoms. The topological polar surface area (TPSA) is 29.5 Å². The Morgan fingerprint density at radius 1 is 1.33 bits per heavy atom. The lowest BCUT2D eigenvalue weighted by atomic mass is 9.70. The second-order valence-corrected chi connectivity index (χ2v) is 7.62. The molecule has 2 aliphatic heterocycles. The van der Waals surface area contributed by atoms with Crippen molar-refractivity contribution < 1.29 is 9.84 Å². The molecule has 3 heteroatoms. The molecule has 3 rings (SSSR count). The summed E-state index contributed by atoms with van der Waals surface area (Å²) in [4.78, 5) is 0. The van der Waals surface area contributed by atoms with Gasteiger partial charge in [0.15, 0.2) is 0 Å². The molecule has 0 amide bonds. The number of aliphatic hydroxyl groups is 1. The van der Waals surface area contributed by atoms with Gasteiger partial charge in [-0.3, -0.25) is 0 Å². The average molecular weight is 270 g/mol. The van der Waals surface area contributed by atoms with Crippen LogP contribution in [0, 0.1) is 11.8 Å². The van der Waals surface area contributed by atoms with Crippen molar-refractivity contribution in [3.8, 4) is 0 Å². The maximum absolute atomic E-state index is 11.2. The third-order valence-corrected chi connectivity index (χ3v) is 6.82. The van der Waals surface area contributed by atoms with Crippen LogP contribution in [0.1, 0.15) is 51.9 Å². The molecule has 1 spiro atoms. The van der Waals surface area contributed by atoms with Gasteiger partial charge in [0, 0.05) is 12.4 Å². The first-order valence-electron chi connectivity index (χ1n) is 7.63. The van der Waals surface area contributed by atoms with Crippen LogP contribution in [-0.2, 0) is 4.74 Å². The Balaban J connectivity index is 1.75. The van der Waals surface area contributed by atoms with Crippen molar-refractivity contribution in [1.29, 1.82) is 0 Å². The van der Waals surface area contributed by atoms with Gasteiger partial charge in [-0.25, -0.2) is 0 Å². The summed E-state index contributed by atoms with van der Waals surface area (Å²) in [5, 5.41) is 11.2. The van der Waals surface area contributed by atoms with E-state index in [1.54, 1.807) is 0 Å². The van der Waals surface area contributed by atoms with E-state index in [-0.39, 0.29) is 11.2 Å². The average Bonchev–Trinajstić information content (AvgIpc) is 2.97. The third-order valence-electron chi connectivity index (χ3n) is 5.60. The molecule has 0 aromatic rings. The van der Waals surface area contributed by atoms with Gasteiger partial charge < -0.3 is 9.84 Å². The first-order chi connectivity index (χ1) is 8.69. The first kappa shape index (κ1) is 13.3. The van der Waals surface area contributed by atoms with E-state index in [1.807, 2.05) is 11.8 Å². The fourth-order valence-electron chi connectivity index (χ4n) is 4.50. The molecule has 2 saturated heterocycles. The minimum absolute atomic E-state index is 0.115. The van der Waals surface area contributed by atoms with Crippen LogP contribution in [0.2, 0.25) is 0 Å². The molecule has 2 nitrogen and oxygen atoms in total. The van der Waals surface area contributed by atoms with E-state index in [0.717, 1.165) is 38.0 Å². The molecule has 0 aromatic carbocycles. The van der Waals surface area contributed by atoms with Gasteiger partial charge in [0.2, 0.25) is 0 Å². The third kappa shape index (κ3) is 2.12. The maximum atomic E-state index is 11.2. The predicted molar refractivity (Wildman–Crippen MR) is 75.9 cm³/mol. The lowest BCUT2D eigenvalue weighted by Crippen LogP contribution is -2.50. The lowest BCUT2D eigenvalue weighted by Gasteiger charge is -2.46. The Bertz CT molecular complexity index is 301. The summed E-state index contributed by atoms with van der Waals surface area (Å²) >= 11 is 2.02. The minimum atomic E-state index is -0.376. The highest BCUT2D eigenvalue weighted by Gasteiger charge is 2.51. The Hall–Kier alpha value is 0.270. The van der Waals surface area contributed by atoms with E-state index >= 15 is 0 Å². The van der Waals surface area contributed by atoms with Crippen LogP contribution in [0.4, 0.5) is 0 Å². The van der Waals surface area contributed by atoms with Gasteiger partial charge in [-0.2, -0.15) is 11.8 Å². The smallest absolute Gasteiger partial charge is 0.0784 e. The van der Waals surface area contributed by atoms with Gasteiger partial charge in [-0.05, 0) is 49.7 Å². The summed E-state index contributed by atoms with van der Waals surface area (Å²) in [6, 6.07) is 0. The van der Waals surface area contributed by atoms with Crippen LogP contribution < -0.4 is 0 Å². The zero-order chi connectivity index (χ0) is 12.6. The van der Waals surface area contributed by atoms with E-state index < -0.39 is 0 Å². The Morgan fingerprint density at radius 3 is 2.94 bits per heavy atom. The zero-order valence-electron chi connectivity index (χ0n) is 11.5. The standard InChI is InChI=1S/C15H26O2S/c1-2-12-4-3-6-15(12,16)13-5-8-17-14(10-13)7-9-18-11-14/h12-13,16H,2-11H2,1H3. The molecule has 1 saturated carbocycles. The Morgan fingerprint density at radius 2 is 2.22 bits per heavy atom. The van der Waals surface area contributed by atoms with E-state index in [2.05, 4.69) is 6.92 Å². The van der Waals surface area contributed by atoms with Gasteiger partial charge in [0.1, 0.15) is 0 Å². The number of ether oxygens (including phenoxy) is 1. The van der Waals surface area contributed by atoms with E-state index in [9.17, 15) is 5.11 Å². The van der Waals surface area contributed by atoms with Crippen molar-refractivity contribution >= 4 is 11.8 Å². The Labute approximate surface area is 115 Å². The number of hydrogen-bond donors (Lipinski definition) is 1. The molecule has 0 radical (unpaired) electrons. The molecule has 2 heterocycles. The van der Waals surface area contributed by atoms with E-state index in [1.165, 1.54) is 25.0 Å².